The zero-order chi connectivity index (χ0) is 19.8. The van der Waals surface area contributed by atoms with E-state index in [1.807, 2.05) is 18.2 Å². The maximum atomic E-state index is 9.06. The third kappa shape index (κ3) is 4.76. The van der Waals surface area contributed by atoms with Crippen LogP contribution in [0.5, 0.6) is 5.75 Å². The van der Waals surface area contributed by atoms with Crippen molar-refractivity contribution in [3.05, 3.63) is 36.3 Å². The number of aliphatic hydroxyl groups is 1. The monoisotopic (exact) mass is 380 g/mol. The average Bonchev–Trinajstić information content (AvgIpc) is 3.23. The number of nitrogens with zero attached hydrogens (tertiary/aromatic N) is 4. The van der Waals surface area contributed by atoms with Crippen molar-refractivity contribution in [2.75, 3.05) is 38.7 Å². The SMILES string of the molecule is CCN(CCO)CCC#Cc1cc2ncnc(Nc3ccn[nH]3)c2cc1OC. The van der Waals surface area contributed by atoms with Crippen LogP contribution in [-0.4, -0.2) is 63.5 Å². The Morgan fingerprint density at radius 1 is 1.29 bits per heavy atom. The molecule has 0 saturated heterocycles. The van der Waals surface area contributed by atoms with Crippen molar-refractivity contribution in [2.24, 2.45) is 0 Å². The molecule has 3 rings (SSSR count). The summed E-state index contributed by atoms with van der Waals surface area (Å²) >= 11 is 0. The van der Waals surface area contributed by atoms with Gasteiger partial charge in [0.1, 0.15) is 23.7 Å². The Balaban J connectivity index is 1.83. The highest BCUT2D eigenvalue weighted by atomic mass is 16.5. The highest BCUT2D eigenvalue weighted by Crippen LogP contribution is 2.29. The number of hydrogen-bond donors (Lipinski definition) is 3. The van der Waals surface area contributed by atoms with Crippen LogP contribution in [0.15, 0.2) is 30.7 Å². The molecule has 0 spiro atoms. The third-order valence-electron chi connectivity index (χ3n) is 4.35. The molecule has 0 fully saturated rings. The molecule has 28 heavy (non-hydrogen) atoms. The number of aromatic amines is 1. The van der Waals surface area contributed by atoms with Gasteiger partial charge in [0.2, 0.25) is 0 Å². The zero-order valence-corrected chi connectivity index (χ0v) is 16.1. The van der Waals surface area contributed by atoms with Gasteiger partial charge < -0.3 is 20.1 Å². The van der Waals surface area contributed by atoms with E-state index in [0.29, 0.717) is 24.5 Å². The summed E-state index contributed by atoms with van der Waals surface area (Å²) in [4.78, 5) is 10.8. The van der Waals surface area contributed by atoms with Gasteiger partial charge in [0, 0.05) is 31.0 Å². The molecule has 0 bridgehead atoms. The first-order chi connectivity index (χ1) is 13.7. The first-order valence-electron chi connectivity index (χ1n) is 9.16. The van der Waals surface area contributed by atoms with Gasteiger partial charge >= 0.3 is 0 Å². The lowest BCUT2D eigenvalue weighted by Gasteiger charge is -2.16. The van der Waals surface area contributed by atoms with E-state index in [-0.39, 0.29) is 6.61 Å². The second kappa shape index (κ2) is 9.69. The van der Waals surface area contributed by atoms with Gasteiger partial charge in [-0.1, -0.05) is 18.8 Å². The van der Waals surface area contributed by atoms with E-state index in [9.17, 15) is 0 Å². The minimum atomic E-state index is 0.161. The van der Waals surface area contributed by atoms with Crippen LogP contribution < -0.4 is 10.1 Å². The summed E-state index contributed by atoms with van der Waals surface area (Å²) in [7, 11) is 1.62. The molecule has 0 aliphatic carbocycles. The quantitative estimate of drug-likeness (QED) is 0.515. The van der Waals surface area contributed by atoms with Crippen LogP contribution in [0.1, 0.15) is 18.9 Å². The Labute approximate surface area is 164 Å². The van der Waals surface area contributed by atoms with Gasteiger partial charge in [0.15, 0.2) is 0 Å². The lowest BCUT2D eigenvalue weighted by molar-refractivity contribution is 0.205. The van der Waals surface area contributed by atoms with Crippen LogP contribution >= 0.6 is 0 Å². The molecular weight excluding hydrogens is 356 g/mol. The van der Waals surface area contributed by atoms with Crippen LogP contribution in [0.3, 0.4) is 0 Å². The van der Waals surface area contributed by atoms with E-state index in [1.54, 1.807) is 13.3 Å². The van der Waals surface area contributed by atoms with E-state index < -0.39 is 0 Å². The summed E-state index contributed by atoms with van der Waals surface area (Å²) in [5, 5.41) is 19.9. The summed E-state index contributed by atoms with van der Waals surface area (Å²) in [6.07, 6.45) is 3.89. The Morgan fingerprint density at radius 3 is 2.89 bits per heavy atom. The zero-order valence-electron chi connectivity index (χ0n) is 16.1. The standard InChI is InChI=1S/C20H24N6O2/c1-3-26(10-11-27)9-5-4-6-15-12-17-16(13-18(15)28-2)20(22-14-21-17)24-19-7-8-23-25-19/h7-8,12-14,27H,3,5,9-11H2,1-2H3,(H2,21,22,23,24,25). The second-order valence-electron chi connectivity index (χ2n) is 6.10. The van der Waals surface area contributed by atoms with Crippen molar-refractivity contribution in [2.45, 2.75) is 13.3 Å². The number of methoxy groups -OCH3 is 1. The summed E-state index contributed by atoms with van der Waals surface area (Å²) < 4.78 is 5.53. The van der Waals surface area contributed by atoms with Crippen molar-refractivity contribution >= 4 is 22.5 Å². The largest absolute Gasteiger partial charge is 0.495 e. The highest BCUT2D eigenvalue weighted by molar-refractivity contribution is 5.92. The van der Waals surface area contributed by atoms with Gasteiger partial charge in [-0.2, -0.15) is 5.10 Å². The van der Waals surface area contributed by atoms with Crippen LogP contribution in [-0.2, 0) is 0 Å². The number of anilines is 2. The molecule has 1 aromatic carbocycles. The van der Waals surface area contributed by atoms with Crippen molar-refractivity contribution in [3.8, 4) is 17.6 Å². The fourth-order valence-electron chi connectivity index (χ4n) is 2.84. The predicted octanol–water partition coefficient (Wildman–Crippen LogP) is 2.16. The molecule has 8 nitrogen and oxygen atoms in total. The maximum Gasteiger partial charge on any atom is 0.142 e. The second-order valence-corrected chi connectivity index (χ2v) is 6.10. The Bertz CT molecular complexity index is 962. The maximum absolute atomic E-state index is 9.06. The molecule has 3 aromatic rings. The van der Waals surface area contributed by atoms with Crippen LogP contribution in [0.4, 0.5) is 11.6 Å². The van der Waals surface area contributed by atoms with Crippen molar-refractivity contribution < 1.29 is 9.84 Å². The summed E-state index contributed by atoms with van der Waals surface area (Å²) in [6, 6.07) is 5.62. The topological polar surface area (TPSA) is 99.2 Å². The number of ether oxygens (including phenoxy) is 1. The molecule has 3 N–H and O–H groups in total. The van der Waals surface area contributed by atoms with E-state index in [0.717, 1.165) is 35.4 Å². The van der Waals surface area contributed by atoms with Crippen LogP contribution in [0.25, 0.3) is 10.9 Å². The molecule has 8 heteroatoms. The molecule has 2 heterocycles. The van der Waals surface area contributed by atoms with E-state index in [2.05, 4.69) is 49.1 Å². The molecule has 0 atom stereocenters. The minimum absolute atomic E-state index is 0.161. The molecular formula is C20H24N6O2. The fraction of sp³-hybridized carbons (Fsp3) is 0.350. The normalized spacial score (nSPS) is 10.7. The van der Waals surface area contributed by atoms with Crippen molar-refractivity contribution in [3.63, 3.8) is 0 Å². The van der Waals surface area contributed by atoms with Gasteiger partial charge in [0.05, 0.1) is 31.0 Å². The Kier molecular flexibility index (Phi) is 6.78. The summed E-state index contributed by atoms with van der Waals surface area (Å²) in [5.74, 6) is 8.45. The van der Waals surface area contributed by atoms with E-state index in [4.69, 9.17) is 9.84 Å². The summed E-state index contributed by atoms with van der Waals surface area (Å²) in [5.41, 5.74) is 1.56. The molecule has 0 aliphatic rings. The first kappa shape index (κ1) is 19.6. The van der Waals surface area contributed by atoms with Crippen molar-refractivity contribution in [1.29, 1.82) is 0 Å². The molecule has 0 aliphatic heterocycles. The molecule has 0 saturated carbocycles. The molecule has 146 valence electrons. The van der Waals surface area contributed by atoms with Crippen LogP contribution in [0.2, 0.25) is 0 Å². The number of likely N-dealkylation sites (N-methyl/N-ethyl adjacent to an activating group) is 1. The van der Waals surface area contributed by atoms with Gasteiger partial charge in [-0.3, -0.25) is 5.10 Å². The minimum Gasteiger partial charge on any atom is -0.495 e. The van der Waals surface area contributed by atoms with E-state index in [1.165, 1.54) is 6.33 Å². The number of fused-ring (bicyclic) bond motifs is 1. The molecule has 2 aromatic heterocycles. The number of hydrogen-bond acceptors (Lipinski definition) is 7. The number of H-pyrrole nitrogens is 1. The van der Waals surface area contributed by atoms with Gasteiger partial charge in [-0.25, -0.2) is 9.97 Å². The Hall–Kier alpha value is -3.15. The van der Waals surface area contributed by atoms with Crippen LogP contribution in [0, 0.1) is 11.8 Å². The number of aliphatic hydroxyl groups excluding tert-OH is 1. The smallest absolute Gasteiger partial charge is 0.142 e. The molecule has 0 amide bonds. The van der Waals surface area contributed by atoms with E-state index >= 15 is 0 Å². The number of benzene rings is 1. The molecule has 0 radical (unpaired) electrons. The lowest BCUT2D eigenvalue weighted by Crippen LogP contribution is -2.27. The van der Waals surface area contributed by atoms with Gasteiger partial charge in [-0.05, 0) is 18.7 Å². The number of rotatable bonds is 8. The fourth-order valence-corrected chi connectivity index (χ4v) is 2.84. The predicted molar refractivity (Wildman–Crippen MR) is 109 cm³/mol. The number of nitrogens with one attached hydrogen (secondary N) is 2. The number of aromatic nitrogens is 4. The first-order valence-corrected chi connectivity index (χ1v) is 9.16. The van der Waals surface area contributed by atoms with Gasteiger partial charge in [-0.15, -0.1) is 0 Å². The summed E-state index contributed by atoms with van der Waals surface area (Å²) in [6.45, 7) is 4.61. The third-order valence-corrected chi connectivity index (χ3v) is 4.35. The molecule has 0 unspecified atom stereocenters. The highest BCUT2D eigenvalue weighted by Gasteiger charge is 2.10. The Morgan fingerprint density at radius 2 is 2.18 bits per heavy atom. The van der Waals surface area contributed by atoms with Crippen molar-refractivity contribution in [1.82, 2.24) is 25.1 Å². The lowest BCUT2D eigenvalue weighted by atomic mass is 10.1. The van der Waals surface area contributed by atoms with Gasteiger partial charge in [0.25, 0.3) is 0 Å². The average molecular weight is 380 g/mol.